The van der Waals surface area contributed by atoms with Crippen LogP contribution in [0.5, 0.6) is 0 Å². The number of nitro groups is 1. The maximum absolute atomic E-state index is 12.6. The van der Waals surface area contributed by atoms with Gasteiger partial charge in [0, 0.05) is 17.7 Å². The van der Waals surface area contributed by atoms with Crippen molar-refractivity contribution in [3.05, 3.63) is 106 Å². The highest BCUT2D eigenvalue weighted by Crippen LogP contribution is 2.14. The zero-order chi connectivity index (χ0) is 20.6. The lowest BCUT2D eigenvalue weighted by molar-refractivity contribution is -0.384. The molecule has 1 N–H and O–H groups in total. The molecule has 0 aliphatic carbocycles. The quantitative estimate of drug-likeness (QED) is 0.284. The van der Waals surface area contributed by atoms with Crippen LogP contribution in [0.25, 0.3) is 6.08 Å². The Morgan fingerprint density at radius 2 is 1.86 bits per heavy atom. The third-order valence-electron chi connectivity index (χ3n) is 3.82. The van der Waals surface area contributed by atoms with Crippen molar-refractivity contribution in [2.45, 2.75) is 6.61 Å². The Morgan fingerprint density at radius 1 is 1.07 bits per heavy atom. The summed E-state index contributed by atoms with van der Waals surface area (Å²) in [5, 5.41) is 13.4. The molecule has 2 aromatic carbocycles. The van der Waals surface area contributed by atoms with E-state index in [1.165, 1.54) is 30.5 Å². The monoisotopic (exact) mass is 392 g/mol. The van der Waals surface area contributed by atoms with Crippen molar-refractivity contribution in [2.24, 2.45) is 0 Å². The van der Waals surface area contributed by atoms with E-state index in [9.17, 15) is 19.7 Å². The fourth-order valence-electron chi connectivity index (χ4n) is 2.43. The maximum Gasteiger partial charge on any atom is 0.355 e. The van der Waals surface area contributed by atoms with Gasteiger partial charge in [0.15, 0.2) is 0 Å². The number of nitro benzene ring substituents is 1. The number of hydrogen-bond acceptors (Lipinski definition) is 6. The van der Waals surface area contributed by atoms with Crippen LogP contribution in [0.3, 0.4) is 0 Å². The first kappa shape index (κ1) is 19.6. The molecule has 0 saturated carbocycles. The van der Waals surface area contributed by atoms with Crippen molar-refractivity contribution in [2.75, 3.05) is 0 Å². The number of benzene rings is 2. The van der Waals surface area contributed by atoms with Crippen molar-refractivity contribution < 1.29 is 23.7 Å². The molecule has 3 rings (SSSR count). The first-order valence-electron chi connectivity index (χ1n) is 8.55. The second-order valence-electron chi connectivity index (χ2n) is 5.89. The predicted molar refractivity (Wildman–Crippen MR) is 103 cm³/mol. The molecule has 29 heavy (non-hydrogen) atoms. The van der Waals surface area contributed by atoms with Gasteiger partial charge >= 0.3 is 5.97 Å². The number of nitrogens with zero attached hydrogens (tertiary/aromatic N) is 1. The van der Waals surface area contributed by atoms with E-state index in [0.29, 0.717) is 11.3 Å². The van der Waals surface area contributed by atoms with Crippen molar-refractivity contribution >= 4 is 23.6 Å². The number of non-ortho nitro benzene ring substituents is 1. The van der Waals surface area contributed by atoms with E-state index >= 15 is 0 Å². The van der Waals surface area contributed by atoms with Gasteiger partial charge in [0.25, 0.3) is 11.6 Å². The van der Waals surface area contributed by atoms with Crippen LogP contribution in [0.15, 0.2) is 83.1 Å². The highest BCUT2D eigenvalue weighted by atomic mass is 16.6. The summed E-state index contributed by atoms with van der Waals surface area (Å²) < 4.78 is 10.3. The van der Waals surface area contributed by atoms with Gasteiger partial charge < -0.3 is 14.5 Å². The van der Waals surface area contributed by atoms with Crippen LogP contribution in [0, 0.1) is 10.1 Å². The van der Waals surface area contributed by atoms with Crippen LogP contribution in [0.1, 0.15) is 21.7 Å². The van der Waals surface area contributed by atoms with E-state index in [2.05, 4.69) is 5.32 Å². The molecule has 8 heteroatoms. The Balaban J connectivity index is 1.81. The molecule has 146 valence electrons. The Kier molecular flexibility index (Phi) is 6.16. The largest absolute Gasteiger partial charge is 0.466 e. The SMILES string of the molecule is O=C(OCc1ccco1)/C(=C/c1ccccc1)NC(=O)c1cccc([N+](=O)[O-])c1. The Hall–Kier alpha value is -4.20. The fraction of sp³-hybridized carbons (Fsp3) is 0.0476. The van der Waals surface area contributed by atoms with Crippen LogP contribution in [0.2, 0.25) is 0 Å². The molecule has 1 aromatic heterocycles. The second-order valence-corrected chi connectivity index (χ2v) is 5.89. The first-order valence-corrected chi connectivity index (χ1v) is 8.55. The summed E-state index contributed by atoms with van der Waals surface area (Å²) >= 11 is 0. The van der Waals surface area contributed by atoms with E-state index < -0.39 is 16.8 Å². The van der Waals surface area contributed by atoms with Gasteiger partial charge in [0.1, 0.15) is 18.1 Å². The zero-order valence-corrected chi connectivity index (χ0v) is 15.1. The number of carbonyl (C=O) groups is 2. The highest BCUT2D eigenvalue weighted by Gasteiger charge is 2.18. The van der Waals surface area contributed by atoms with Crippen LogP contribution >= 0.6 is 0 Å². The first-order chi connectivity index (χ1) is 14.0. The molecular formula is C21H16N2O6. The van der Waals surface area contributed by atoms with E-state index in [0.717, 1.165) is 6.07 Å². The van der Waals surface area contributed by atoms with Gasteiger partial charge in [-0.2, -0.15) is 0 Å². The van der Waals surface area contributed by atoms with E-state index in [-0.39, 0.29) is 23.6 Å². The number of carbonyl (C=O) groups excluding carboxylic acids is 2. The fourth-order valence-corrected chi connectivity index (χ4v) is 2.43. The minimum absolute atomic E-state index is 0.0389. The number of ether oxygens (including phenoxy) is 1. The minimum atomic E-state index is -0.774. The second kappa shape index (κ2) is 9.14. The summed E-state index contributed by atoms with van der Waals surface area (Å²) in [5.74, 6) is -1.00. The molecule has 0 radical (unpaired) electrons. The van der Waals surface area contributed by atoms with Gasteiger partial charge in [0.2, 0.25) is 0 Å². The van der Waals surface area contributed by atoms with Crippen molar-refractivity contribution in [3.63, 3.8) is 0 Å². The summed E-state index contributed by atoms with van der Waals surface area (Å²) in [6.45, 7) is -0.107. The molecule has 0 bridgehead atoms. The number of hydrogen-bond donors (Lipinski definition) is 1. The van der Waals surface area contributed by atoms with Crippen LogP contribution in [0.4, 0.5) is 5.69 Å². The van der Waals surface area contributed by atoms with E-state index in [1.54, 1.807) is 36.4 Å². The number of furan rings is 1. The molecule has 1 heterocycles. The Morgan fingerprint density at radius 3 is 2.55 bits per heavy atom. The highest BCUT2D eigenvalue weighted by molar-refractivity contribution is 6.03. The average molecular weight is 392 g/mol. The number of rotatable bonds is 7. The zero-order valence-electron chi connectivity index (χ0n) is 15.1. The molecule has 0 unspecified atom stereocenters. The van der Waals surface area contributed by atoms with Crippen molar-refractivity contribution in [1.82, 2.24) is 5.32 Å². The predicted octanol–water partition coefficient (Wildman–Crippen LogP) is 3.70. The smallest absolute Gasteiger partial charge is 0.355 e. The number of esters is 1. The third-order valence-corrected chi connectivity index (χ3v) is 3.82. The van der Waals surface area contributed by atoms with Gasteiger partial charge in [-0.25, -0.2) is 4.79 Å². The van der Waals surface area contributed by atoms with Crippen LogP contribution in [-0.4, -0.2) is 16.8 Å². The molecule has 3 aromatic rings. The summed E-state index contributed by atoms with van der Waals surface area (Å²) in [6, 6.07) is 17.4. The third kappa shape index (κ3) is 5.39. The van der Waals surface area contributed by atoms with Gasteiger partial charge in [-0.05, 0) is 29.8 Å². The molecule has 0 fully saturated rings. The normalized spacial score (nSPS) is 11.0. The van der Waals surface area contributed by atoms with E-state index in [4.69, 9.17) is 9.15 Å². The molecule has 0 atom stereocenters. The topological polar surface area (TPSA) is 112 Å². The molecular weight excluding hydrogens is 376 g/mol. The summed E-state index contributed by atoms with van der Waals surface area (Å²) in [6.07, 6.45) is 2.91. The molecule has 0 aliphatic rings. The lowest BCUT2D eigenvalue weighted by atomic mass is 10.1. The summed E-state index contributed by atoms with van der Waals surface area (Å²) in [5.41, 5.74) is 0.361. The standard InChI is InChI=1S/C21H16N2O6/c24-20(16-8-4-9-17(13-16)23(26)27)22-19(12-15-6-2-1-3-7-15)21(25)29-14-18-10-5-11-28-18/h1-13H,14H2,(H,22,24)/b19-12-. The van der Waals surface area contributed by atoms with Crippen LogP contribution in [-0.2, 0) is 16.1 Å². The van der Waals surface area contributed by atoms with Gasteiger partial charge in [0.05, 0.1) is 11.2 Å². The van der Waals surface area contributed by atoms with Crippen molar-refractivity contribution in [1.29, 1.82) is 0 Å². The molecule has 0 aliphatic heterocycles. The maximum atomic E-state index is 12.6. The summed E-state index contributed by atoms with van der Waals surface area (Å²) in [7, 11) is 0. The molecule has 8 nitrogen and oxygen atoms in total. The molecule has 1 amide bonds. The van der Waals surface area contributed by atoms with Gasteiger partial charge in [-0.1, -0.05) is 36.4 Å². The Labute approximate surface area is 165 Å². The number of amides is 1. The van der Waals surface area contributed by atoms with E-state index in [1.807, 2.05) is 6.07 Å². The Bertz CT molecular complexity index is 1040. The molecule has 0 saturated heterocycles. The lowest BCUT2D eigenvalue weighted by Crippen LogP contribution is -2.28. The summed E-state index contributed by atoms with van der Waals surface area (Å²) in [4.78, 5) is 35.4. The number of nitrogens with one attached hydrogen (secondary N) is 1. The van der Waals surface area contributed by atoms with Crippen molar-refractivity contribution in [3.8, 4) is 0 Å². The van der Waals surface area contributed by atoms with Gasteiger partial charge in [-0.15, -0.1) is 0 Å². The average Bonchev–Trinajstić information content (AvgIpc) is 3.26. The lowest BCUT2D eigenvalue weighted by Gasteiger charge is -2.10. The van der Waals surface area contributed by atoms with Crippen LogP contribution < -0.4 is 5.32 Å². The van der Waals surface area contributed by atoms with Gasteiger partial charge in [-0.3, -0.25) is 14.9 Å². The molecule has 0 spiro atoms. The minimum Gasteiger partial charge on any atom is -0.466 e.